The molecule has 1 aliphatic heterocycles. The van der Waals surface area contributed by atoms with Crippen molar-refractivity contribution in [2.45, 2.75) is 42.6 Å². The average molecular weight is 622 g/mol. The SMILES string of the molecule is CN1CC23C=C4Cc5cc6c7c8c(cc9c%10c%11c%12c%13c%14c%15c(cc(c%14c%14c2c4c2c5c7c(c%12c%108)c2c%14%13)C3C1c1cccs1)=CC(C9)C%15%11)C6. The smallest absolute Gasteiger partial charge is 0.0519 e. The first kappa shape index (κ1) is 21.5. The van der Waals surface area contributed by atoms with Gasteiger partial charge in [-0.25, -0.2) is 0 Å². The van der Waals surface area contributed by atoms with E-state index in [0.29, 0.717) is 23.8 Å². The van der Waals surface area contributed by atoms with Crippen molar-refractivity contribution < 1.29 is 0 Å². The van der Waals surface area contributed by atoms with Crippen molar-refractivity contribution in [1.29, 1.82) is 0 Å². The molecule has 18 rings (SSSR count). The van der Waals surface area contributed by atoms with Gasteiger partial charge in [-0.3, -0.25) is 4.90 Å². The third-order valence-corrected chi connectivity index (χ3v) is 17.0. The number of benzene rings is 6. The van der Waals surface area contributed by atoms with Crippen LogP contribution in [0, 0.1) is 5.92 Å². The quantitative estimate of drug-likeness (QED) is 0.165. The standard InChI is InChI=1S/C46H23NS/c1-47-13-46-12-20-10-18-8-15-5-14-6-17-7-16-9-19-11-21(43(46)45(47)22-3-2-4-48-22)30-35-26(19)25(16)32-27(17)31-23(14)24(15)33-28(18)34-29(20)44(46)42(30)41-39(34)37(33)36(31)38(32)40(35)41/h2-4,6,8-9,11-12,16,25,43,45H,5,7,10,13H2,1H3. The van der Waals surface area contributed by atoms with Gasteiger partial charge in [-0.2, -0.15) is 0 Å². The van der Waals surface area contributed by atoms with Crippen molar-refractivity contribution in [2.24, 2.45) is 5.92 Å². The second-order valence-electron chi connectivity index (χ2n) is 17.5. The van der Waals surface area contributed by atoms with Crippen LogP contribution in [0.3, 0.4) is 0 Å². The molecule has 218 valence electrons. The summed E-state index contributed by atoms with van der Waals surface area (Å²) in [4.78, 5) is 4.30. The fourth-order valence-corrected chi connectivity index (χ4v) is 16.4. The molecule has 0 radical (unpaired) electrons. The summed E-state index contributed by atoms with van der Waals surface area (Å²) in [5, 5.41) is 30.6. The second-order valence-corrected chi connectivity index (χ2v) is 18.4. The minimum atomic E-state index is 0.0182. The Morgan fingerprint density at radius 2 is 1.44 bits per heavy atom. The van der Waals surface area contributed by atoms with E-state index in [1.807, 2.05) is 11.3 Å². The minimum absolute atomic E-state index is 0.0182. The Morgan fingerprint density at radius 3 is 2.33 bits per heavy atom. The van der Waals surface area contributed by atoms with Gasteiger partial charge in [0, 0.05) is 28.7 Å². The largest absolute Gasteiger partial charge is 0.297 e. The zero-order valence-corrected chi connectivity index (χ0v) is 26.9. The Bertz CT molecular complexity index is 3540. The topological polar surface area (TPSA) is 3.24 Å². The summed E-state index contributed by atoms with van der Waals surface area (Å²) in [6, 6.07) is 13.3. The van der Waals surface area contributed by atoms with Crippen molar-refractivity contribution in [2.75, 3.05) is 13.6 Å². The van der Waals surface area contributed by atoms with Crippen molar-refractivity contribution >= 4 is 109 Å². The summed E-state index contributed by atoms with van der Waals surface area (Å²) in [6.45, 7) is 1.11. The van der Waals surface area contributed by atoms with E-state index in [2.05, 4.69) is 59.8 Å². The molecular weight excluding hydrogens is 599 g/mol. The number of hydrogen-bond acceptors (Lipinski definition) is 2. The van der Waals surface area contributed by atoms with Crippen LogP contribution < -0.4 is 5.22 Å². The van der Waals surface area contributed by atoms with Gasteiger partial charge in [0.1, 0.15) is 0 Å². The molecule has 2 heterocycles. The monoisotopic (exact) mass is 621 g/mol. The molecule has 8 aliphatic rings. The summed E-state index contributed by atoms with van der Waals surface area (Å²) < 4.78 is 0. The Balaban J connectivity index is 1.27. The third kappa shape index (κ3) is 1.57. The predicted octanol–water partition coefficient (Wildman–Crippen LogP) is 9.73. The zero-order chi connectivity index (χ0) is 29.7. The average Bonchev–Trinajstić information content (AvgIpc) is 3.92. The Hall–Kier alpha value is -4.50. The first-order valence-corrected chi connectivity index (χ1v) is 19.1. The van der Waals surface area contributed by atoms with Crippen molar-refractivity contribution in [3.05, 3.63) is 102 Å². The molecule has 9 aromatic carbocycles. The summed E-state index contributed by atoms with van der Waals surface area (Å²) in [5.74, 6) is 1.54. The third-order valence-electron chi connectivity index (χ3n) is 16.1. The van der Waals surface area contributed by atoms with E-state index < -0.39 is 0 Å². The number of nitrogens with zero attached hydrogens (tertiary/aromatic N) is 1. The molecule has 0 N–H and O–H groups in total. The van der Waals surface area contributed by atoms with Gasteiger partial charge in [0.2, 0.25) is 0 Å². The van der Waals surface area contributed by atoms with Gasteiger partial charge in [-0.1, -0.05) is 36.4 Å². The molecule has 5 unspecified atom stereocenters. The number of likely N-dealkylation sites (tertiary alicyclic amines) is 1. The van der Waals surface area contributed by atoms with Gasteiger partial charge in [0.05, 0.1) is 6.04 Å². The highest BCUT2D eigenvalue weighted by molar-refractivity contribution is 7.10. The van der Waals surface area contributed by atoms with E-state index in [4.69, 9.17) is 0 Å². The van der Waals surface area contributed by atoms with Crippen LogP contribution in [0.5, 0.6) is 0 Å². The number of allylic oxidation sites excluding steroid dienone is 1. The molecule has 0 saturated carbocycles. The summed E-state index contributed by atoms with van der Waals surface area (Å²) in [7, 11) is 2.44. The van der Waals surface area contributed by atoms with Gasteiger partial charge < -0.3 is 0 Å². The van der Waals surface area contributed by atoms with Crippen LogP contribution in [-0.4, -0.2) is 18.5 Å². The van der Waals surface area contributed by atoms with E-state index in [0.717, 1.165) is 19.4 Å². The van der Waals surface area contributed by atoms with E-state index in [-0.39, 0.29) is 5.41 Å². The molecular formula is C46H23NS. The highest BCUT2D eigenvalue weighted by atomic mass is 32.1. The lowest BCUT2D eigenvalue weighted by Gasteiger charge is -2.38. The van der Waals surface area contributed by atoms with Crippen LogP contribution in [0.2, 0.25) is 0 Å². The molecule has 1 aromatic heterocycles. The normalized spacial score (nSPS) is 28.9. The molecule has 1 nitrogen and oxygen atoms in total. The van der Waals surface area contributed by atoms with Crippen LogP contribution in [0.15, 0.2) is 41.8 Å². The molecule has 7 aliphatic carbocycles. The number of likely N-dealkylation sites (N-methyl/N-ethyl adjacent to an activating group) is 1. The van der Waals surface area contributed by atoms with E-state index in [9.17, 15) is 0 Å². The highest BCUT2D eigenvalue weighted by Crippen LogP contribution is 2.73. The lowest BCUT2D eigenvalue weighted by atomic mass is 9.63. The fourth-order valence-electron chi connectivity index (χ4n) is 15.5. The fraction of sp³-hybridized carbons (Fsp3) is 0.217. The van der Waals surface area contributed by atoms with Gasteiger partial charge in [0.25, 0.3) is 0 Å². The van der Waals surface area contributed by atoms with Gasteiger partial charge in [0.15, 0.2) is 0 Å². The van der Waals surface area contributed by atoms with Crippen molar-refractivity contribution in [3.8, 4) is 0 Å². The van der Waals surface area contributed by atoms with E-state index >= 15 is 0 Å². The molecule has 0 amide bonds. The van der Waals surface area contributed by atoms with Crippen LogP contribution in [0.4, 0.5) is 0 Å². The first-order chi connectivity index (χ1) is 23.7. The van der Waals surface area contributed by atoms with Gasteiger partial charge in [-0.05, 0) is 191 Å². The molecule has 2 heteroatoms. The van der Waals surface area contributed by atoms with Gasteiger partial charge in [-0.15, -0.1) is 11.3 Å². The first-order valence-electron chi connectivity index (χ1n) is 18.2. The van der Waals surface area contributed by atoms with Crippen LogP contribution in [0.25, 0.3) is 97.8 Å². The van der Waals surface area contributed by atoms with Crippen LogP contribution in [0.1, 0.15) is 72.8 Å². The highest BCUT2D eigenvalue weighted by Gasteiger charge is 2.61. The summed E-state index contributed by atoms with van der Waals surface area (Å²) in [5.41, 5.74) is 16.7. The number of rotatable bonds is 1. The molecule has 48 heavy (non-hydrogen) atoms. The molecule has 1 fully saturated rings. The minimum Gasteiger partial charge on any atom is -0.297 e. The molecule has 5 atom stereocenters. The second kappa shape index (κ2) is 5.68. The van der Waals surface area contributed by atoms with Crippen LogP contribution in [-0.2, 0) is 24.7 Å². The number of hydrogen-bond donors (Lipinski definition) is 0. The molecule has 1 spiro atoms. The summed E-state index contributed by atoms with van der Waals surface area (Å²) >= 11 is 1.98. The molecule has 10 aromatic rings. The number of fused-ring (bicyclic) bond motifs is 1. The maximum Gasteiger partial charge on any atom is 0.0519 e. The van der Waals surface area contributed by atoms with Crippen molar-refractivity contribution in [3.63, 3.8) is 0 Å². The van der Waals surface area contributed by atoms with Crippen molar-refractivity contribution in [1.82, 2.24) is 4.90 Å². The Labute approximate surface area is 277 Å². The van der Waals surface area contributed by atoms with Crippen LogP contribution >= 0.6 is 11.3 Å². The molecule has 1 saturated heterocycles. The predicted molar refractivity (Wildman–Crippen MR) is 199 cm³/mol. The number of thiophene rings is 1. The Morgan fingerprint density at radius 1 is 0.708 bits per heavy atom. The maximum atomic E-state index is 2.87. The zero-order valence-electron chi connectivity index (χ0n) is 26.1. The summed E-state index contributed by atoms with van der Waals surface area (Å²) in [6.07, 6.45) is 9.05. The van der Waals surface area contributed by atoms with E-state index in [1.165, 1.54) is 6.42 Å². The van der Waals surface area contributed by atoms with Gasteiger partial charge >= 0.3 is 0 Å². The molecule has 0 bridgehead atoms. The van der Waals surface area contributed by atoms with E-state index in [1.54, 1.807) is 152 Å². The Kier molecular flexibility index (Phi) is 2.54. The maximum absolute atomic E-state index is 2.87. The lowest BCUT2D eigenvalue weighted by molar-refractivity contribution is 0.308. The lowest BCUT2D eigenvalue weighted by Crippen LogP contribution is -2.33.